The number of allylic oxidation sites excluding steroid dienone is 2. The normalized spacial score (nSPS) is 52.2. The van der Waals surface area contributed by atoms with E-state index < -0.39 is 0 Å². The average Bonchev–Trinajstić information content (AvgIpc) is 2.85. The molecule has 0 aromatic rings. The van der Waals surface area contributed by atoms with Crippen LogP contribution in [-0.4, -0.2) is 17.0 Å². The van der Waals surface area contributed by atoms with Crippen molar-refractivity contribution in [1.82, 2.24) is 0 Å². The molecule has 4 aliphatic carbocycles. The Morgan fingerprint density at radius 2 is 1.78 bits per heavy atom. The van der Waals surface area contributed by atoms with Gasteiger partial charge in [-0.1, -0.05) is 25.5 Å². The van der Waals surface area contributed by atoms with Crippen LogP contribution in [0.3, 0.4) is 0 Å². The molecule has 0 aliphatic heterocycles. The van der Waals surface area contributed by atoms with Gasteiger partial charge in [0.25, 0.3) is 0 Å². The highest BCUT2D eigenvalue weighted by atomic mass is 16.3. The Balaban J connectivity index is 1.67. The fourth-order valence-electron chi connectivity index (χ4n) is 7.16. The lowest BCUT2D eigenvalue weighted by Gasteiger charge is -2.57. The van der Waals surface area contributed by atoms with Gasteiger partial charge in [-0.25, -0.2) is 0 Å². The number of hydrogen-bond acceptors (Lipinski definition) is 2. The van der Waals surface area contributed by atoms with Gasteiger partial charge in [-0.05, 0) is 86.9 Å². The molecule has 2 heteroatoms. The quantitative estimate of drug-likeness (QED) is 0.722. The number of fused-ring (bicyclic) bond motifs is 5. The Labute approximate surface area is 140 Å². The maximum absolute atomic E-state index is 12.1. The summed E-state index contributed by atoms with van der Waals surface area (Å²) in [6.45, 7) is 6.70. The molecule has 23 heavy (non-hydrogen) atoms. The molecule has 128 valence electrons. The van der Waals surface area contributed by atoms with Crippen LogP contribution in [0.15, 0.2) is 11.6 Å². The van der Waals surface area contributed by atoms with E-state index >= 15 is 0 Å². The van der Waals surface area contributed by atoms with E-state index in [-0.39, 0.29) is 17.4 Å². The van der Waals surface area contributed by atoms with Gasteiger partial charge in [0.15, 0.2) is 0 Å². The SMILES string of the molecule is CC(=O)C1CCC2C3=CC[C@H]4C[C@H](O)CCC4(C)C3CCC12C. The summed E-state index contributed by atoms with van der Waals surface area (Å²) in [5.74, 6) is 2.70. The molecule has 3 saturated carbocycles. The number of carbonyl (C=O) groups excluding carboxylic acids is 1. The third-order valence-corrected chi connectivity index (χ3v) is 8.54. The minimum Gasteiger partial charge on any atom is -0.393 e. The summed E-state index contributed by atoms with van der Waals surface area (Å²) in [6, 6.07) is 0. The first-order valence-corrected chi connectivity index (χ1v) is 9.74. The first-order valence-electron chi connectivity index (χ1n) is 9.74. The molecule has 0 radical (unpaired) electrons. The molecule has 0 aromatic heterocycles. The van der Waals surface area contributed by atoms with Gasteiger partial charge in [-0.3, -0.25) is 4.79 Å². The van der Waals surface area contributed by atoms with E-state index in [1.54, 1.807) is 12.5 Å². The number of rotatable bonds is 1. The second kappa shape index (κ2) is 5.18. The molecule has 1 N–H and O–H groups in total. The van der Waals surface area contributed by atoms with Crippen molar-refractivity contribution in [2.45, 2.75) is 78.2 Å². The second-order valence-corrected chi connectivity index (χ2v) is 9.46. The molecule has 4 aliphatic rings. The van der Waals surface area contributed by atoms with Crippen molar-refractivity contribution in [2.24, 2.45) is 34.5 Å². The molecule has 3 fully saturated rings. The number of carbonyl (C=O) groups is 1. The smallest absolute Gasteiger partial charge is 0.133 e. The Hall–Kier alpha value is -0.630. The second-order valence-electron chi connectivity index (χ2n) is 9.46. The zero-order valence-corrected chi connectivity index (χ0v) is 15.0. The lowest BCUT2D eigenvalue weighted by molar-refractivity contribution is -0.125. The third-order valence-electron chi connectivity index (χ3n) is 8.54. The molecule has 0 heterocycles. The van der Waals surface area contributed by atoms with Crippen molar-refractivity contribution >= 4 is 5.78 Å². The van der Waals surface area contributed by atoms with E-state index in [2.05, 4.69) is 19.9 Å². The lowest BCUT2D eigenvalue weighted by atomic mass is 9.48. The monoisotopic (exact) mass is 316 g/mol. The number of aliphatic hydroxyl groups excluding tert-OH is 1. The van der Waals surface area contributed by atoms with Crippen LogP contribution >= 0.6 is 0 Å². The Bertz CT molecular complexity index is 550. The van der Waals surface area contributed by atoms with Crippen LogP contribution < -0.4 is 0 Å². The largest absolute Gasteiger partial charge is 0.393 e. The molecule has 0 bridgehead atoms. The van der Waals surface area contributed by atoms with Crippen LogP contribution in [0, 0.1) is 34.5 Å². The highest BCUT2D eigenvalue weighted by Crippen LogP contribution is 2.65. The third kappa shape index (κ3) is 2.13. The minimum atomic E-state index is -0.0783. The van der Waals surface area contributed by atoms with Gasteiger partial charge in [-0.15, -0.1) is 0 Å². The van der Waals surface area contributed by atoms with Gasteiger partial charge >= 0.3 is 0 Å². The highest BCUT2D eigenvalue weighted by Gasteiger charge is 2.58. The van der Waals surface area contributed by atoms with Gasteiger partial charge < -0.3 is 5.11 Å². The van der Waals surface area contributed by atoms with E-state index in [0.29, 0.717) is 29.0 Å². The summed E-state index contributed by atoms with van der Waals surface area (Å²) in [5, 5.41) is 10.1. The first-order chi connectivity index (χ1) is 10.9. The van der Waals surface area contributed by atoms with Gasteiger partial charge in [-0.2, -0.15) is 0 Å². The van der Waals surface area contributed by atoms with Crippen molar-refractivity contribution in [3.05, 3.63) is 11.6 Å². The van der Waals surface area contributed by atoms with Crippen LogP contribution in [0.5, 0.6) is 0 Å². The summed E-state index contributed by atoms with van der Waals surface area (Å²) in [5.41, 5.74) is 2.31. The minimum absolute atomic E-state index is 0.0783. The molecule has 0 spiro atoms. The van der Waals surface area contributed by atoms with Crippen molar-refractivity contribution in [1.29, 1.82) is 0 Å². The first kappa shape index (κ1) is 15.9. The van der Waals surface area contributed by atoms with Crippen molar-refractivity contribution in [2.75, 3.05) is 0 Å². The Morgan fingerprint density at radius 3 is 2.52 bits per heavy atom. The molecular formula is C21H32O2. The predicted octanol–water partition coefficient (Wildman–Crippen LogP) is 4.52. The van der Waals surface area contributed by atoms with E-state index in [0.717, 1.165) is 25.7 Å². The fourth-order valence-corrected chi connectivity index (χ4v) is 7.16. The molecule has 0 saturated heterocycles. The molecule has 7 atom stereocenters. The molecule has 5 unspecified atom stereocenters. The molecular weight excluding hydrogens is 284 g/mol. The van der Waals surface area contributed by atoms with Gasteiger partial charge in [0.1, 0.15) is 5.78 Å². The Morgan fingerprint density at radius 1 is 1.09 bits per heavy atom. The van der Waals surface area contributed by atoms with Crippen molar-refractivity contribution in [3.63, 3.8) is 0 Å². The van der Waals surface area contributed by atoms with Crippen LogP contribution in [0.4, 0.5) is 0 Å². The van der Waals surface area contributed by atoms with Gasteiger partial charge in [0.05, 0.1) is 6.10 Å². The van der Waals surface area contributed by atoms with Crippen LogP contribution in [-0.2, 0) is 4.79 Å². The zero-order chi connectivity index (χ0) is 16.4. The molecule has 2 nitrogen and oxygen atoms in total. The Kier molecular flexibility index (Phi) is 3.58. The van der Waals surface area contributed by atoms with Gasteiger partial charge in [0.2, 0.25) is 0 Å². The predicted molar refractivity (Wildman–Crippen MR) is 91.9 cm³/mol. The lowest BCUT2D eigenvalue weighted by Crippen LogP contribution is -2.49. The highest BCUT2D eigenvalue weighted by molar-refractivity contribution is 5.79. The zero-order valence-electron chi connectivity index (χ0n) is 15.0. The van der Waals surface area contributed by atoms with Crippen LogP contribution in [0.2, 0.25) is 0 Å². The maximum atomic E-state index is 12.1. The summed E-state index contributed by atoms with van der Waals surface area (Å²) in [4.78, 5) is 12.1. The fraction of sp³-hybridized carbons (Fsp3) is 0.857. The van der Waals surface area contributed by atoms with E-state index in [9.17, 15) is 9.90 Å². The molecule has 0 amide bonds. The van der Waals surface area contributed by atoms with Gasteiger partial charge in [0, 0.05) is 5.92 Å². The topological polar surface area (TPSA) is 37.3 Å². The van der Waals surface area contributed by atoms with E-state index in [1.165, 1.54) is 25.7 Å². The van der Waals surface area contributed by atoms with Crippen molar-refractivity contribution in [3.8, 4) is 0 Å². The van der Waals surface area contributed by atoms with E-state index in [4.69, 9.17) is 0 Å². The maximum Gasteiger partial charge on any atom is 0.133 e. The number of Topliss-reactive ketones (excluding diaryl/α,β-unsaturated/α-hetero) is 1. The molecule has 4 rings (SSSR count). The van der Waals surface area contributed by atoms with Crippen LogP contribution in [0.1, 0.15) is 72.1 Å². The summed E-state index contributed by atoms with van der Waals surface area (Å²) >= 11 is 0. The number of aliphatic hydroxyl groups is 1. The number of hydrogen-bond donors (Lipinski definition) is 1. The average molecular weight is 316 g/mol. The summed E-state index contributed by atoms with van der Waals surface area (Å²) < 4.78 is 0. The standard InChI is InChI=1S/C21H32O2/c1-13(22)17-6-7-18-16-5-4-14-12-15(23)8-10-20(14,2)19(16)9-11-21(17,18)3/h5,14-15,17-19,23H,4,6-12H2,1-3H3/t14-,15+,17?,18?,19?,20?,21?/m0/s1. The van der Waals surface area contributed by atoms with E-state index in [1.807, 2.05) is 0 Å². The molecule has 0 aromatic carbocycles. The summed E-state index contributed by atoms with van der Waals surface area (Å²) in [6.07, 6.45) is 11.6. The van der Waals surface area contributed by atoms with Crippen LogP contribution in [0.25, 0.3) is 0 Å². The number of ketones is 1. The summed E-state index contributed by atoms with van der Waals surface area (Å²) in [7, 11) is 0. The van der Waals surface area contributed by atoms with Crippen molar-refractivity contribution < 1.29 is 9.90 Å².